The molecule has 0 atom stereocenters. The molecule has 3 N–H and O–H groups in total. The van der Waals surface area contributed by atoms with Crippen molar-refractivity contribution in [3.8, 4) is 0 Å². The summed E-state index contributed by atoms with van der Waals surface area (Å²) in [6, 6.07) is 0. The van der Waals surface area contributed by atoms with Crippen LogP contribution in [0.25, 0.3) is 0 Å². The summed E-state index contributed by atoms with van der Waals surface area (Å²) in [4.78, 5) is 47.9. The van der Waals surface area contributed by atoms with Crippen LogP contribution in [0.15, 0.2) is 12.2 Å². The zero-order chi connectivity index (χ0) is 22.8. The Bertz CT molecular complexity index is 634. The summed E-state index contributed by atoms with van der Waals surface area (Å²) in [7, 11) is 0. The molecule has 4 amide bonds. The quantitative estimate of drug-likeness (QED) is 0.215. The van der Waals surface area contributed by atoms with E-state index in [2.05, 4.69) is 10.6 Å². The first-order valence-corrected chi connectivity index (χ1v) is 10.3. The Balaban J connectivity index is 2.06. The Labute approximate surface area is 178 Å². The third-order valence-corrected chi connectivity index (χ3v) is 4.41. The van der Waals surface area contributed by atoms with Gasteiger partial charge in [0.2, 0.25) is 11.8 Å². The fourth-order valence-electron chi connectivity index (χ4n) is 2.78. The third-order valence-electron chi connectivity index (χ3n) is 4.41. The molecule has 1 rings (SSSR count). The van der Waals surface area contributed by atoms with Crippen LogP contribution in [0.3, 0.4) is 0 Å². The standard InChI is InChI=1S/C21H35N3O6/c1-20(2,15-30-21(3,4)29)14-17(26)23-12-10-16(25)22-11-6-5-7-13-24-18(27)8-9-19(24)28/h8-9,29H,5-7,10-15H2,1-4H3,(H,22,25)(H,23,26). The maximum atomic E-state index is 12.0. The van der Waals surface area contributed by atoms with Crippen LogP contribution in [-0.4, -0.2) is 65.7 Å². The summed E-state index contributed by atoms with van der Waals surface area (Å²) in [5, 5.41) is 15.1. The summed E-state index contributed by atoms with van der Waals surface area (Å²) in [6.45, 7) is 8.20. The van der Waals surface area contributed by atoms with Crippen molar-refractivity contribution in [2.24, 2.45) is 5.41 Å². The molecule has 9 heteroatoms. The maximum Gasteiger partial charge on any atom is 0.253 e. The molecule has 0 saturated carbocycles. The van der Waals surface area contributed by atoms with Gasteiger partial charge in [0.1, 0.15) is 0 Å². The first-order chi connectivity index (χ1) is 13.9. The molecule has 0 radical (unpaired) electrons. The highest BCUT2D eigenvalue weighted by Crippen LogP contribution is 2.22. The average molecular weight is 426 g/mol. The second kappa shape index (κ2) is 11.8. The van der Waals surface area contributed by atoms with E-state index in [4.69, 9.17) is 4.74 Å². The molecule has 0 aromatic carbocycles. The Morgan fingerprint density at radius 1 is 0.967 bits per heavy atom. The van der Waals surface area contributed by atoms with E-state index in [0.717, 1.165) is 12.8 Å². The Kier molecular flexibility index (Phi) is 10.1. The third kappa shape index (κ3) is 11.1. The van der Waals surface area contributed by atoms with Gasteiger partial charge in [-0.2, -0.15) is 0 Å². The summed E-state index contributed by atoms with van der Waals surface area (Å²) < 4.78 is 5.32. The number of hydrogen-bond acceptors (Lipinski definition) is 6. The van der Waals surface area contributed by atoms with E-state index in [1.54, 1.807) is 0 Å². The molecule has 1 aliphatic rings. The van der Waals surface area contributed by atoms with E-state index < -0.39 is 11.2 Å². The molecule has 1 aliphatic heterocycles. The molecule has 0 unspecified atom stereocenters. The molecule has 0 bridgehead atoms. The Morgan fingerprint density at radius 3 is 2.17 bits per heavy atom. The van der Waals surface area contributed by atoms with Crippen molar-refractivity contribution >= 4 is 23.6 Å². The number of carbonyl (C=O) groups excluding carboxylic acids is 4. The van der Waals surface area contributed by atoms with Crippen LogP contribution in [0.2, 0.25) is 0 Å². The van der Waals surface area contributed by atoms with Gasteiger partial charge in [0, 0.05) is 44.6 Å². The summed E-state index contributed by atoms with van der Waals surface area (Å²) in [5.74, 6) is -2.11. The zero-order valence-corrected chi connectivity index (χ0v) is 18.5. The lowest BCUT2D eigenvalue weighted by atomic mass is 9.90. The van der Waals surface area contributed by atoms with E-state index in [9.17, 15) is 24.3 Å². The van der Waals surface area contributed by atoms with E-state index in [0.29, 0.717) is 19.5 Å². The van der Waals surface area contributed by atoms with Crippen molar-refractivity contribution in [3.05, 3.63) is 12.2 Å². The number of aliphatic hydroxyl groups is 1. The van der Waals surface area contributed by atoms with Gasteiger partial charge in [-0.05, 0) is 38.5 Å². The average Bonchev–Trinajstić information content (AvgIpc) is 2.94. The first-order valence-electron chi connectivity index (χ1n) is 10.3. The number of hydrogen-bond donors (Lipinski definition) is 3. The first kappa shape index (κ1) is 25.8. The minimum absolute atomic E-state index is 0.144. The zero-order valence-electron chi connectivity index (χ0n) is 18.5. The van der Waals surface area contributed by atoms with E-state index in [1.807, 2.05) is 13.8 Å². The fraction of sp³-hybridized carbons (Fsp3) is 0.714. The topological polar surface area (TPSA) is 125 Å². The van der Waals surface area contributed by atoms with E-state index >= 15 is 0 Å². The molecule has 30 heavy (non-hydrogen) atoms. The van der Waals surface area contributed by atoms with Crippen molar-refractivity contribution in [2.45, 2.75) is 65.6 Å². The minimum Gasteiger partial charge on any atom is -0.366 e. The van der Waals surface area contributed by atoms with Crippen LogP contribution in [0.4, 0.5) is 0 Å². The minimum atomic E-state index is -1.24. The Morgan fingerprint density at radius 2 is 1.57 bits per heavy atom. The van der Waals surface area contributed by atoms with Gasteiger partial charge in [-0.25, -0.2) is 0 Å². The molecule has 0 aromatic rings. The highest BCUT2D eigenvalue weighted by Gasteiger charge is 2.26. The van der Waals surface area contributed by atoms with Crippen LogP contribution in [0, 0.1) is 5.41 Å². The number of imide groups is 1. The largest absolute Gasteiger partial charge is 0.366 e. The van der Waals surface area contributed by atoms with Crippen LogP contribution >= 0.6 is 0 Å². The summed E-state index contributed by atoms with van der Waals surface area (Å²) >= 11 is 0. The molecule has 0 spiro atoms. The SMILES string of the molecule is CC(C)(COC(C)(C)O)CC(=O)NCCC(=O)NCCCCCN1C(=O)C=CC1=O. The predicted molar refractivity (Wildman–Crippen MR) is 111 cm³/mol. The van der Waals surface area contributed by atoms with Crippen LogP contribution in [-0.2, 0) is 23.9 Å². The molecular formula is C21H35N3O6. The number of carbonyl (C=O) groups is 4. The van der Waals surface area contributed by atoms with Crippen LogP contribution < -0.4 is 10.6 Å². The molecule has 1 heterocycles. The molecule has 0 fully saturated rings. The van der Waals surface area contributed by atoms with Crippen molar-refractivity contribution in [1.29, 1.82) is 0 Å². The van der Waals surface area contributed by atoms with Gasteiger partial charge in [0.05, 0.1) is 6.61 Å². The van der Waals surface area contributed by atoms with Crippen molar-refractivity contribution in [1.82, 2.24) is 15.5 Å². The van der Waals surface area contributed by atoms with Crippen LogP contribution in [0.1, 0.15) is 59.8 Å². The fourth-order valence-corrected chi connectivity index (χ4v) is 2.78. The molecule has 0 aromatic heterocycles. The molecular weight excluding hydrogens is 390 g/mol. The number of nitrogens with one attached hydrogen (secondary N) is 2. The second-order valence-corrected chi connectivity index (χ2v) is 8.75. The van der Waals surface area contributed by atoms with Gasteiger partial charge in [-0.3, -0.25) is 24.1 Å². The molecule has 170 valence electrons. The summed E-state index contributed by atoms with van der Waals surface area (Å²) in [5.41, 5.74) is -0.438. The lowest BCUT2D eigenvalue weighted by molar-refractivity contribution is -0.192. The van der Waals surface area contributed by atoms with E-state index in [1.165, 1.54) is 30.9 Å². The molecule has 9 nitrogen and oxygen atoms in total. The van der Waals surface area contributed by atoms with Gasteiger partial charge in [0.25, 0.3) is 11.8 Å². The van der Waals surface area contributed by atoms with Gasteiger partial charge in [0.15, 0.2) is 5.79 Å². The maximum absolute atomic E-state index is 12.0. The number of ether oxygens (including phenoxy) is 1. The monoisotopic (exact) mass is 425 g/mol. The van der Waals surface area contributed by atoms with Gasteiger partial charge in [-0.15, -0.1) is 0 Å². The lowest BCUT2D eigenvalue weighted by Crippen LogP contribution is -2.36. The predicted octanol–water partition coefficient (Wildman–Crippen LogP) is 0.866. The highest BCUT2D eigenvalue weighted by atomic mass is 16.6. The molecule has 0 saturated heterocycles. The van der Waals surface area contributed by atoms with Crippen LogP contribution in [0.5, 0.6) is 0 Å². The van der Waals surface area contributed by atoms with Gasteiger partial charge < -0.3 is 20.5 Å². The van der Waals surface area contributed by atoms with Gasteiger partial charge >= 0.3 is 0 Å². The second-order valence-electron chi connectivity index (χ2n) is 8.75. The number of unbranched alkanes of at least 4 members (excludes halogenated alkanes) is 2. The highest BCUT2D eigenvalue weighted by molar-refractivity contribution is 6.12. The Hall–Kier alpha value is -2.26. The van der Waals surface area contributed by atoms with Crippen molar-refractivity contribution < 1.29 is 29.0 Å². The van der Waals surface area contributed by atoms with Crippen molar-refractivity contribution in [2.75, 3.05) is 26.2 Å². The van der Waals surface area contributed by atoms with Gasteiger partial charge in [-0.1, -0.05) is 13.8 Å². The number of amides is 4. The smallest absolute Gasteiger partial charge is 0.253 e. The summed E-state index contributed by atoms with van der Waals surface area (Å²) in [6.07, 6.45) is 5.18. The lowest BCUT2D eigenvalue weighted by Gasteiger charge is -2.28. The van der Waals surface area contributed by atoms with Crippen molar-refractivity contribution in [3.63, 3.8) is 0 Å². The normalized spacial score (nSPS) is 14.4. The van der Waals surface area contributed by atoms with E-state index in [-0.39, 0.29) is 49.6 Å². The number of nitrogens with zero attached hydrogens (tertiary/aromatic N) is 1. The number of rotatable bonds is 14. The molecule has 0 aliphatic carbocycles.